The van der Waals surface area contributed by atoms with E-state index in [1.54, 1.807) is 7.05 Å². The minimum atomic E-state index is -3.17. The predicted octanol–water partition coefficient (Wildman–Crippen LogP) is 0.281. The molecule has 0 aromatic carbocycles. The van der Waals surface area contributed by atoms with Crippen LogP contribution in [0.5, 0.6) is 0 Å². The van der Waals surface area contributed by atoms with E-state index < -0.39 is 10.0 Å². The Bertz CT molecular complexity index is 377. The van der Waals surface area contributed by atoms with Crippen LogP contribution in [0, 0.1) is 5.92 Å². The van der Waals surface area contributed by atoms with E-state index in [-0.39, 0.29) is 5.75 Å². The lowest BCUT2D eigenvalue weighted by atomic mass is 9.86. The van der Waals surface area contributed by atoms with Gasteiger partial charge in [0.05, 0.1) is 5.75 Å². The van der Waals surface area contributed by atoms with Gasteiger partial charge in [-0.1, -0.05) is 13.3 Å². The molecular weight excluding hydrogens is 264 g/mol. The van der Waals surface area contributed by atoms with Gasteiger partial charge in [-0.05, 0) is 25.2 Å². The molecule has 3 N–H and O–H groups in total. The molecule has 0 heterocycles. The van der Waals surface area contributed by atoms with Crippen molar-refractivity contribution in [2.75, 3.05) is 32.4 Å². The number of hydrogen-bond donors (Lipinski definition) is 3. The van der Waals surface area contributed by atoms with Crippen molar-refractivity contribution in [1.82, 2.24) is 15.4 Å². The van der Waals surface area contributed by atoms with Crippen molar-refractivity contribution in [3.8, 4) is 0 Å². The van der Waals surface area contributed by atoms with E-state index >= 15 is 0 Å². The number of sulfonamides is 1. The molecule has 112 valence electrons. The molecule has 0 unspecified atom stereocenters. The molecule has 0 saturated heterocycles. The molecule has 0 aromatic heterocycles. The molecule has 0 atom stereocenters. The van der Waals surface area contributed by atoms with Crippen molar-refractivity contribution in [1.29, 1.82) is 0 Å². The molecule has 0 aliphatic heterocycles. The van der Waals surface area contributed by atoms with Gasteiger partial charge >= 0.3 is 0 Å². The molecule has 0 amide bonds. The zero-order chi connectivity index (χ0) is 14.1. The predicted molar refractivity (Wildman–Crippen MR) is 78.8 cm³/mol. The van der Waals surface area contributed by atoms with E-state index in [0.29, 0.717) is 25.0 Å². The number of rotatable bonds is 8. The second-order valence-corrected chi connectivity index (χ2v) is 6.82. The molecule has 1 aliphatic rings. The van der Waals surface area contributed by atoms with Crippen LogP contribution in [0.4, 0.5) is 0 Å². The first-order valence-electron chi connectivity index (χ1n) is 6.99. The van der Waals surface area contributed by atoms with Crippen LogP contribution in [0.15, 0.2) is 4.99 Å². The summed E-state index contributed by atoms with van der Waals surface area (Å²) >= 11 is 0. The van der Waals surface area contributed by atoms with E-state index in [0.717, 1.165) is 25.8 Å². The Morgan fingerprint density at radius 2 is 1.95 bits per heavy atom. The Labute approximate surface area is 116 Å². The molecule has 0 radical (unpaired) electrons. The number of guanidine groups is 1. The molecule has 1 rings (SSSR count). The van der Waals surface area contributed by atoms with Gasteiger partial charge in [-0.15, -0.1) is 0 Å². The molecular formula is C12H26N4O2S. The Morgan fingerprint density at radius 3 is 2.47 bits per heavy atom. The van der Waals surface area contributed by atoms with Crippen LogP contribution in [-0.2, 0) is 10.0 Å². The maximum atomic E-state index is 11.7. The van der Waals surface area contributed by atoms with Crippen LogP contribution in [0.1, 0.15) is 32.6 Å². The SMILES string of the molecule is CCCNC(=NC)NCCS(=O)(=O)NCC1CCC1. The molecule has 0 spiro atoms. The summed E-state index contributed by atoms with van der Waals surface area (Å²) in [5, 5.41) is 6.09. The Morgan fingerprint density at radius 1 is 1.26 bits per heavy atom. The van der Waals surface area contributed by atoms with E-state index in [2.05, 4.69) is 27.3 Å². The molecule has 1 saturated carbocycles. The van der Waals surface area contributed by atoms with Crippen LogP contribution in [-0.4, -0.2) is 46.8 Å². The van der Waals surface area contributed by atoms with Gasteiger partial charge in [0.15, 0.2) is 5.96 Å². The van der Waals surface area contributed by atoms with Crippen LogP contribution < -0.4 is 15.4 Å². The van der Waals surface area contributed by atoms with Gasteiger partial charge in [-0.25, -0.2) is 13.1 Å². The van der Waals surface area contributed by atoms with Crippen molar-refractivity contribution in [2.45, 2.75) is 32.6 Å². The summed E-state index contributed by atoms with van der Waals surface area (Å²) in [5.74, 6) is 1.27. The standard InChI is InChI=1S/C12H26N4O2S/c1-3-7-14-12(13-2)15-8-9-19(17,18)16-10-11-5-4-6-11/h11,16H,3-10H2,1-2H3,(H2,13,14,15). The van der Waals surface area contributed by atoms with Crippen molar-refractivity contribution in [2.24, 2.45) is 10.9 Å². The molecule has 1 fully saturated rings. The quantitative estimate of drug-likeness (QED) is 0.443. The van der Waals surface area contributed by atoms with Crippen LogP contribution in [0.3, 0.4) is 0 Å². The van der Waals surface area contributed by atoms with Crippen molar-refractivity contribution >= 4 is 16.0 Å². The highest BCUT2D eigenvalue weighted by molar-refractivity contribution is 7.89. The third-order valence-corrected chi connectivity index (χ3v) is 4.59. The van der Waals surface area contributed by atoms with Crippen molar-refractivity contribution in [3.63, 3.8) is 0 Å². The first-order chi connectivity index (χ1) is 9.07. The van der Waals surface area contributed by atoms with Crippen LogP contribution in [0.25, 0.3) is 0 Å². The second-order valence-electron chi connectivity index (χ2n) is 4.89. The van der Waals surface area contributed by atoms with E-state index in [9.17, 15) is 8.42 Å². The van der Waals surface area contributed by atoms with Gasteiger partial charge < -0.3 is 10.6 Å². The van der Waals surface area contributed by atoms with Crippen molar-refractivity contribution < 1.29 is 8.42 Å². The Balaban J connectivity index is 2.18. The number of nitrogens with zero attached hydrogens (tertiary/aromatic N) is 1. The summed E-state index contributed by atoms with van der Waals surface area (Å²) in [7, 11) is -1.50. The minimum Gasteiger partial charge on any atom is -0.356 e. The average Bonchev–Trinajstić information content (AvgIpc) is 2.31. The Kier molecular flexibility index (Phi) is 7.15. The summed E-state index contributed by atoms with van der Waals surface area (Å²) in [4.78, 5) is 4.02. The smallest absolute Gasteiger partial charge is 0.213 e. The van der Waals surface area contributed by atoms with Gasteiger partial charge in [-0.2, -0.15) is 0 Å². The third-order valence-electron chi connectivity index (χ3n) is 3.25. The normalized spacial score (nSPS) is 17.1. The molecule has 19 heavy (non-hydrogen) atoms. The summed E-state index contributed by atoms with van der Waals surface area (Å²) in [6.07, 6.45) is 4.53. The van der Waals surface area contributed by atoms with E-state index in [4.69, 9.17) is 0 Å². The first-order valence-corrected chi connectivity index (χ1v) is 8.64. The molecule has 6 nitrogen and oxygen atoms in total. The van der Waals surface area contributed by atoms with E-state index in [1.807, 2.05) is 0 Å². The summed E-state index contributed by atoms with van der Waals surface area (Å²) in [6.45, 7) is 3.84. The fourth-order valence-corrected chi connectivity index (χ4v) is 2.79. The molecule has 7 heteroatoms. The number of nitrogens with one attached hydrogen (secondary N) is 3. The Hall–Kier alpha value is -0.820. The lowest BCUT2D eigenvalue weighted by Crippen LogP contribution is -2.42. The summed E-state index contributed by atoms with van der Waals surface area (Å²) in [5.41, 5.74) is 0. The summed E-state index contributed by atoms with van der Waals surface area (Å²) < 4.78 is 26.2. The van der Waals surface area contributed by atoms with Gasteiger partial charge in [0.1, 0.15) is 0 Å². The number of aliphatic imine (C=N–C) groups is 1. The maximum Gasteiger partial charge on any atom is 0.213 e. The molecule has 0 aromatic rings. The zero-order valence-corrected chi connectivity index (χ0v) is 12.7. The lowest BCUT2D eigenvalue weighted by Gasteiger charge is -2.25. The first kappa shape index (κ1) is 16.2. The second kappa shape index (κ2) is 8.37. The van der Waals surface area contributed by atoms with Gasteiger partial charge in [0.2, 0.25) is 10.0 Å². The van der Waals surface area contributed by atoms with Gasteiger partial charge in [0.25, 0.3) is 0 Å². The highest BCUT2D eigenvalue weighted by Gasteiger charge is 2.19. The maximum absolute atomic E-state index is 11.7. The summed E-state index contributed by atoms with van der Waals surface area (Å²) in [6, 6.07) is 0. The number of hydrogen-bond acceptors (Lipinski definition) is 3. The fraction of sp³-hybridized carbons (Fsp3) is 0.917. The zero-order valence-electron chi connectivity index (χ0n) is 11.9. The lowest BCUT2D eigenvalue weighted by molar-refractivity contribution is 0.316. The fourth-order valence-electron chi connectivity index (χ4n) is 1.78. The largest absolute Gasteiger partial charge is 0.356 e. The van der Waals surface area contributed by atoms with Crippen molar-refractivity contribution in [3.05, 3.63) is 0 Å². The van der Waals surface area contributed by atoms with E-state index in [1.165, 1.54) is 6.42 Å². The van der Waals surface area contributed by atoms with Crippen LogP contribution >= 0.6 is 0 Å². The minimum absolute atomic E-state index is 0.0759. The van der Waals surface area contributed by atoms with Gasteiger partial charge in [-0.3, -0.25) is 4.99 Å². The topological polar surface area (TPSA) is 82.6 Å². The molecule has 0 bridgehead atoms. The highest BCUT2D eigenvalue weighted by atomic mass is 32.2. The van der Waals surface area contributed by atoms with Crippen LogP contribution in [0.2, 0.25) is 0 Å². The van der Waals surface area contributed by atoms with Gasteiger partial charge in [0, 0.05) is 26.7 Å². The highest BCUT2D eigenvalue weighted by Crippen LogP contribution is 2.25. The molecule has 1 aliphatic carbocycles. The third kappa shape index (κ3) is 6.77. The average molecular weight is 290 g/mol. The monoisotopic (exact) mass is 290 g/mol.